The highest BCUT2D eigenvalue weighted by Gasteiger charge is 2.03. The molecule has 1 N–H and O–H groups in total. The Morgan fingerprint density at radius 2 is 1.80 bits per heavy atom. The first-order chi connectivity index (χ1) is 14.5. The highest BCUT2D eigenvalue weighted by molar-refractivity contribution is 5.84. The highest BCUT2D eigenvalue weighted by atomic mass is 15.0. The first-order valence-electron chi connectivity index (χ1n) is 11.6. The first-order valence-corrected chi connectivity index (χ1v) is 11.6. The van der Waals surface area contributed by atoms with E-state index >= 15 is 0 Å². The number of nitrogens with zero attached hydrogens (tertiary/aromatic N) is 1. The fourth-order valence-corrected chi connectivity index (χ4v) is 3.02. The third-order valence-electron chi connectivity index (χ3n) is 4.90. The molecule has 2 rings (SSSR count). The summed E-state index contributed by atoms with van der Waals surface area (Å²) in [5.41, 5.74) is 10.0. The van der Waals surface area contributed by atoms with Crippen molar-refractivity contribution in [3.8, 4) is 0 Å². The van der Waals surface area contributed by atoms with E-state index in [9.17, 15) is 0 Å². The van der Waals surface area contributed by atoms with Gasteiger partial charge in [-0.25, -0.2) is 0 Å². The van der Waals surface area contributed by atoms with Gasteiger partial charge < -0.3 is 5.32 Å². The average Bonchev–Trinajstić information content (AvgIpc) is 2.80. The zero-order chi connectivity index (χ0) is 22.8. The maximum absolute atomic E-state index is 4.42. The molecule has 1 aromatic carbocycles. The Kier molecular flexibility index (Phi) is 16.2. The lowest BCUT2D eigenvalue weighted by atomic mass is 9.97. The van der Waals surface area contributed by atoms with E-state index in [0.29, 0.717) is 0 Å². The van der Waals surface area contributed by atoms with E-state index in [1.54, 1.807) is 0 Å². The number of allylic oxidation sites excluding steroid dienone is 4. The molecule has 0 fully saturated rings. The van der Waals surface area contributed by atoms with Gasteiger partial charge in [-0.3, -0.25) is 4.99 Å². The van der Waals surface area contributed by atoms with Crippen molar-refractivity contribution in [3.05, 3.63) is 70.5 Å². The van der Waals surface area contributed by atoms with Crippen molar-refractivity contribution < 1.29 is 0 Å². The number of aliphatic imine (C=N–C) groups is 1. The molecule has 2 nitrogen and oxygen atoms in total. The van der Waals surface area contributed by atoms with Gasteiger partial charge in [0.05, 0.1) is 0 Å². The van der Waals surface area contributed by atoms with E-state index in [2.05, 4.69) is 81.0 Å². The monoisotopic (exact) mass is 408 g/mol. The number of benzene rings is 1. The van der Waals surface area contributed by atoms with E-state index in [4.69, 9.17) is 0 Å². The minimum Gasteiger partial charge on any atom is -0.374 e. The van der Waals surface area contributed by atoms with Gasteiger partial charge in [0.15, 0.2) is 0 Å². The summed E-state index contributed by atoms with van der Waals surface area (Å²) >= 11 is 0. The van der Waals surface area contributed by atoms with Gasteiger partial charge in [-0.05, 0) is 81.4 Å². The minimum absolute atomic E-state index is 0.932. The zero-order valence-corrected chi connectivity index (χ0v) is 20.7. The van der Waals surface area contributed by atoms with E-state index in [1.807, 2.05) is 32.9 Å². The molecule has 0 aromatic heterocycles. The number of nitrogens with one attached hydrogen (secondary N) is 1. The fraction of sp³-hybridized carbons (Fsp3) is 0.500. The van der Waals surface area contributed by atoms with Crippen LogP contribution in [0.1, 0.15) is 84.9 Å². The summed E-state index contributed by atoms with van der Waals surface area (Å²) in [6.45, 7) is 18.8. The first kappa shape index (κ1) is 27.7. The summed E-state index contributed by atoms with van der Waals surface area (Å²) in [6, 6.07) is 6.82. The Hall–Kier alpha value is -2.31. The summed E-state index contributed by atoms with van der Waals surface area (Å²) in [7, 11) is 0. The van der Waals surface area contributed by atoms with Gasteiger partial charge in [0, 0.05) is 19.5 Å². The predicted molar refractivity (Wildman–Crippen MR) is 137 cm³/mol. The van der Waals surface area contributed by atoms with Gasteiger partial charge in [-0.1, -0.05) is 63.6 Å². The van der Waals surface area contributed by atoms with Crippen LogP contribution in [0, 0.1) is 0 Å². The molecule has 0 bridgehead atoms. The number of rotatable bonds is 6. The Bertz CT molecular complexity index is 757. The lowest BCUT2D eigenvalue weighted by Gasteiger charge is -2.14. The van der Waals surface area contributed by atoms with Crippen LogP contribution in [0.25, 0.3) is 5.57 Å². The summed E-state index contributed by atoms with van der Waals surface area (Å²) in [5, 5.41) is 3.31. The van der Waals surface area contributed by atoms with Gasteiger partial charge in [-0.15, -0.1) is 5.73 Å². The Balaban J connectivity index is 0.000000518. The van der Waals surface area contributed by atoms with Crippen molar-refractivity contribution in [3.63, 3.8) is 0 Å². The second-order valence-electron chi connectivity index (χ2n) is 7.08. The number of aryl methyl sites for hydroxylation is 2. The topological polar surface area (TPSA) is 24.4 Å². The lowest BCUT2D eigenvalue weighted by Crippen LogP contribution is -2.29. The Morgan fingerprint density at radius 3 is 2.33 bits per heavy atom. The molecule has 2 heteroatoms. The van der Waals surface area contributed by atoms with E-state index in [-0.39, 0.29) is 0 Å². The Labute approximate surface area is 186 Å². The van der Waals surface area contributed by atoms with Crippen molar-refractivity contribution >= 4 is 11.4 Å². The van der Waals surface area contributed by atoms with Crippen LogP contribution in [0.2, 0.25) is 0 Å². The van der Waals surface area contributed by atoms with Gasteiger partial charge in [0.1, 0.15) is 5.84 Å². The zero-order valence-electron chi connectivity index (χ0n) is 20.7. The van der Waals surface area contributed by atoms with Gasteiger partial charge in [0.2, 0.25) is 0 Å². The molecular formula is C28H44N2. The molecule has 1 aromatic rings. The third kappa shape index (κ3) is 11.0. The van der Waals surface area contributed by atoms with Crippen LogP contribution in [0.15, 0.2) is 58.8 Å². The van der Waals surface area contributed by atoms with E-state index in [1.165, 1.54) is 27.8 Å². The molecule has 0 aliphatic carbocycles. The molecule has 0 atom stereocenters. The quantitative estimate of drug-likeness (QED) is 0.378. The normalized spacial score (nSPS) is 13.4. The second-order valence-corrected chi connectivity index (χ2v) is 7.08. The molecule has 0 unspecified atom stereocenters. The van der Waals surface area contributed by atoms with Crippen LogP contribution in [0.3, 0.4) is 0 Å². The molecular weight excluding hydrogens is 364 g/mol. The molecule has 1 aliphatic heterocycles. The van der Waals surface area contributed by atoms with Crippen LogP contribution < -0.4 is 5.32 Å². The van der Waals surface area contributed by atoms with Crippen LogP contribution in [-0.2, 0) is 12.8 Å². The fourth-order valence-electron chi connectivity index (χ4n) is 3.02. The number of amidine groups is 1. The molecule has 0 amide bonds. The third-order valence-corrected chi connectivity index (χ3v) is 4.90. The van der Waals surface area contributed by atoms with E-state index < -0.39 is 0 Å². The number of hydrogen-bond acceptors (Lipinski definition) is 2. The van der Waals surface area contributed by atoms with Crippen molar-refractivity contribution in [2.75, 3.05) is 13.1 Å². The molecule has 30 heavy (non-hydrogen) atoms. The summed E-state index contributed by atoms with van der Waals surface area (Å²) < 4.78 is 0. The number of hydrogen-bond donors (Lipinski definition) is 1. The van der Waals surface area contributed by atoms with E-state index in [0.717, 1.165) is 44.6 Å². The van der Waals surface area contributed by atoms with Crippen LogP contribution >= 0.6 is 0 Å². The van der Waals surface area contributed by atoms with Crippen molar-refractivity contribution in [1.82, 2.24) is 5.32 Å². The smallest absolute Gasteiger partial charge is 0.100 e. The average molecular weight is 409 g/mol. The molecule has 0 radical (unpaired) electrons. The maximum atomic E-state index is 4.42. The van der Waals surface area contributed by atoms with Gasteiger partial charge in [0.25, 0.3) is 0 Å². The molecule has 1 aliphatic rings. The van der Waals surface area contributed by atoms with Crippen LogP contribution in [0.4, 0.5) is 0 Å². The summed E-state index contributed by atoms with van der Waals surface area (Å²) in [6.07, 6.45) is 12.5. The predicted octanol–water partition coefficient (Wildman–Crippen LogP) is 7.71. The van der Waals surface area contributed by atoms with Crippen molar-refractivity contribution in [1.29, 1.82) is 0 Å². The standard InChI is InChI=1S/C14H20.C12H18N2.C2H6/c1-5-11(4)14-9-8-12(6-2)13(7-3)10-14;1-3-4-5-7-11(2)10-12-13-8-6-9-14-12;1-2/h5,8-10H,6-7H2,1-4H3;3,5,7H,6,8-10H2,1-2H3,(H,13,14);1-2H3/b11-5-;11-7-;. The molecule has 0 spiro atoms. The maximum Gasteiger partial charge on any atom is 0.100 e. The molecule has 0 saturated heterocycles. The highest BCUT2D eigenvalue weighted by Crippen LogP contribution is 2.19. The van der Waals surface area contributed by atoms with Crippen molar-refractivity contribution in [2.24, 2.45) is 4.99 Å². The largest absolute Gasteiger partial charge is 0.374 e. The van der Waals surface area contributed by atoms with Crippen LogP contribution in [-0.4, -0.2) is 18.9 Å². The minimum atomic E-state index is 0.932. The molecule has 166 valence electrons. The molecule has 0 saturated carbocycles. The van der Waals surface area contributed by atoms with Gasteiger partial charge in [-0.2, -0.15) is 0 Å². The van der Waals surface area contributed by atoms with Crippen molar-refractivity contribution in [2.45, 2.75) is 81.1 Å². The second kappa shape index (κ2) is 17.5. The lowest BCUT2D eigenvalue weighted by molar-refractivity contribution is 0.731. The molecule has 1 heterocycles. The summed E-state index contributed by atoms with van der Waals surface area (Å²) in [5.74, 6) is 1.12. The Morgan fingerprint density at radius 1 is 1.10 bits per heavy atom. The SMILES string of the molecule is C/C=C(/C)c1ccc(CC)c(CC)c1.CC.CC=C=C/C=C(/C)CC1=NCCCN1. The van der Waals surface area contributed by atoms with Gasteiger partial charge >= 0.3 is 0 Å². The summed E-state index contributed by atoms with van der Waals surface area (Å²) in [4.78, 5) is 4.42. The van der Waals surface area contributed by atoms with Crippen LogP contribution in [0.5, 0.6) is 0 Å².